The topological polar surface area (TPSA) is 38.2 Å². The van der Waals surface area contributed by atoms with E-state index in [0.29, 0.717) is 0 Å². The number of likely N-dealkylation sites (tertiary alicyclic amines) is 1. The number of hydrogen-bond acceptors (Lipinski definition) is 2. The van der Waals surface area contributed by atoms with E-state index in [1.54, 1.807) is 0 Å². The molecule has 0 radical (unpaired) electrons. The van der Waals surface area contributed by atoms with Crippen LogP contribution in [0.15, 0.2) is 0 Å². The average molecular weight is 244 g/mol. The highest BCUT2D eigenvalue weighted by Crippen LogP contribution is 2.12. The number of halogens is 1. The van der Waals surface area contributed by atoms with Crippen molar-refractivity contribution in [1.29, 1.82) is 0 Å². The lowest BCUT2D eigenvalue weighted by molar-refractivity contribution is 0.331. The van der Waals surface area contributed by atoms with E-state index < -0.39 is 0 Å². The summed E-state index contributed by atoms with van der Waals surface area (Å²) in [5.74, 6) is 0. The quantitative estimate of drug-likeness (QED) is 0.661. The van der Waals surface area contributed by atoms with Crippen LogP contribution in [0.5, 0.6) is 0 Å². The van der Waals surface area contributed by atoms with E-state index in [2.05, 4.69) is 18.9 Å². The molecule has 9 heavy (non-hydrogen) atoms. The summed E-state index contributed by atoms with van der Waals surface area (Å²) in [4.78, 5) is 2.40. The highest BCUT2D eigenvalue weighted by Gasteiger charge is 2.14. The van der Waals surface area contributed by atoms with Crippen LogP contribution in [0.3, 0.4) is 0 Å². The zero-order valence-electron chi connectivity index (χ0n) is 6.26. The Kier molecular flexibility index (Phi) is 7.45. The summed E-state index contributed by atoms with van der Waals surface area (Å²) < 4.78 is 0. The molecule has 0 aromatic rings. The van der Waals surface area contributed by atoms with Gasteiger partial charge in [0.15, 0.2) is 0 Å². The standard InChI is InChI=1S/C6H13N.HI.H3N/c1-6-4-3-5-7(6)2;;/h6H,3-5H2,1-2H3;1H;1H3. The van der Waals surface area contributed by atoms with Gasteiger partial charge in [-0.1, -0.05) is 0 Å². The van der Waals surface area contributed by atoms with Crippen LogP contribution >= 0.6 is 24.0 Å². The number of hydrogen-bond donors (Lipinski definition) is 1. The van der Waals surface area contributed by atoms with Crippen LogP contribution in [-0.2, 0) is 0 Å². The predicted molar refractivity (Wildman–Crippen MR) is 51.8 cm³/mol. The molecule has 1 unspecified atom stereocenters. The molecule has 58 valence electrons. The second-order valence-corrected chi connectivity index (χ2v) is 2.47. The molecule has 0 aromatic carbocycles. The van der Waals surface area contributed by atoms with Crippen molar-refractivity contribution < 1.29 is 0 Å². The Bertz CT molecular complexity index is 60.1. The third-order valence-corrected chi connectivity index (χ3v) is 1.89. The summed E-state index contributed by atoms with van der Waals surface area (Å²) in [5.41, 5.74) is 0. The van der Waals surface area contributed by atoms with Gasteiger partial charge >= 0.3 is 0 Å². The average Bonchev–Trinajstić information content (AvgIpc) is 1.91. The summed E-state index contributed by atoms with van der Waals surface area (Å²) in [6.07, 6.45) is 2.80. The van der Waals surface area contributed by atoms with Crippen molar-refractivity contribution in [1.82, 2.24) is 11.1 Å². The molecule has 2 nitrogen and oxygen atoms in total. The van der Waals surface area contributed by atoms with Crippen molar-refractivity contribution in [2.45, 2.75) is 25.8 Å². The molecule has 1 heterocycles. The summed E-state index contributed by atoms with van der Waals surface area (Å²) >= 11 is 0. The van der Waals surface area contributed by atoms with Gasteiger partial charge in [-0.2, -0.15) is 0 Å². The first-order valence-electron chi connectivity index (χ1n) is 3.01. The Morgan fingerprint density at radius 3 is 2.11 bits per heavy atom. The van der Waals surface area contributed by atoms with Crippen molar-refractivity contribution in [2.24, 2.45) is 0 Å². The van der Waals surface area contributed by atoms with Crippen LogP contribution < -0.4 is 6.15 Å². The second kappa shape index (κ2) is 5.44. The summed E-state index contributed by atoms with van der Waals surface area (Å²) in [6, 6.07) is 0.847. The Hall–Kier alpha value is 0.650. The summed E-state index contributed by atoms with van der Waals surface area (Å²) in [5, 5.41) is 0. The summed E-state index contributed by atoms with van der Waals surface area (Å²) in [7, 11) is 2.19. The molecular formula is C6H17IN2. The molecule has 0 saturated carbocycles. The largest absolute Gasteiger partial charge is 0.344 e. The van der Waals surface area contributed by atoms with Gasteiger partial charge in [0.05, 0.1) is 0 Å². The molecule has 1 atom stereocenters. The van der Waals surface area contributed by atoms with E-state index in [0.717, 1.165) is 6.04 Å². The van der Waals surface area contributed by atoms with Gasteiger partial charge in [-0.05, 0) is 33.4 Å². The molecule has 0 aromatic heterocycles. The maximum atomic E-state index is 2.40. The normalized spacial score (nSPS) is 26.7. The SMILES string of the molecule is CC1CCCN1C.I.N. The Balaban J connectivity index is 0. The van der Waals surface area contributed by atoms with Crippen molar-refractivity contribution in [2.75, 3.05) is 13.6 Å². The van der Waals surface area contributed by atoms with Gasteiger partial charge in [-0.15, -0.1) is 24.0 Å². The fourth-order valence-electron chi connectivity index (χ4n) is 1.08. The van der Waals surface area contributed by atoms with Crippen LogP contribution in [0.4, 0.5) is 0 Å². The van der Waals surface area contributed by atoms with Crippen LogP contribution in [-0.4, -0.2) is 24.5 Å². The Morgan fingerprint density at radius 2 is 2.00 bits per heavy atom. The zero-order valence-corrected chi connectivity index (χ0v) is 8.59. The molecule has 1 rings (SSSR count). The van der Waals surface area contributed by atoms with Crippen LogP contribution in [0.2, 0.25) is 0 Å². The minimum absolute atomic E-state index is 0. The molecule has 0 bridgehead atoms. The molecule has 1 fully saturated rings. The Morgan fingerprint density at radius 1 is 1.44 bits per heavy atom. The number of nitrogens with zero attached hydrogens (tertiary/aromatic N) is 1. The van der Waals surface area contributed by atoms with Gasteiger partial charge in [0.25, 0.3) is 0 Å². The van der Waals surface area contributed by atoms with Crippen molar-refractivity contribution >= 4 is 24.0 Å². The van der Waals surface area contributed by atoms with Gasteiger partial charge in [0.2, 0.25) is 0 Å². The maximum absolute atomic E-state index is 2.40. The first-order chi connectivity index (χ1) is 3.30. The summed E-state index contributed by atoms with van der Waals surface area (Å²) in [6.45, 7) is 3.59. The molecule has 3 N–H and O–H groups in total. The lowest BCUT2D eigenvalue weighted by atomic mass is 10.3. The molecular weight excluding hydrogens is 227 g/mol. The van der Waals surface area contributed by atoms with E-state index in [1.807, 2.05) is 0 Å². The molecule has 1 aliphatic rings. The van der Waals surface area contributed by atoms with Crippen molar-refractivity contribution in [3.63, 3.8) is 0 Å². The van der Waals surface area contributed by atoms with Crippen LogP contribution in [0.1, 0.15) is 19.8 Å². The highest BCUT2D eigenvalue weighted by atomic mass is 127. The monoisotopic (exact) mass is 244 g/mol. The maximum Gasteiger partial charge on any atom is 0.00643 e. The van der Waals surface area contributed by atoms with Crippen molar-refractivity contribution in [3.05, 3.63) is 0 Å². The first-order valence-corrected chi connectivity index (χ1v) is 3.01. The predicted octanol–water partition coefficient (Wildman–Crippen LogP) is 1.88. The van der Waals surface area contributed by atoms with E-state index in [-0.39, 0.29) is 30.1 Å². The lowest BCUT2D eigenvalue weighted by Crippen LogP contribution is -2.20. The third kappa shape index (κ3) is 3.37. The van der Waals surface area contributed by atoms with E-state index >= 15 is 0 Å². The molecule has 0 aliphatic carbocycles. The minimum Gasteiger partial charge on any atom is -0.344 e. The first kappa shape index (κ1) is 12.3. The second-order valence-electron chi connectivity index (χ2n) is 2.47. The Labute approximate surface area is 74.6 Å². The van der Waals surface area contributed by atoms with Crippen LogP contribution in [0, 0.1) is 0 Å². The van der Waals surface area contributed by atoms with Gasteiger partial charge < -0.3 is 11.1 Å². The number of rotatable bonds is 0. The van der Waals surface area contributed by atoms with Gasteiger partial charge in [-0.3, -0.25) is 0 Å². The van der Waals surface area contributed by atoms with E-state index in [1.165, 1.54) is 19.4 Å². The van der Waals surface area contributed by atoms with E-state index in [4.69, 9.17) is 0 Å². The van der Waals surface area contributed by atoms with Crippen molar-refractivity contribution in [3.8, 4) is 0 Å². The minimum atomic E-state index is 0. The van der Waals surface area contributed by atoms with E-state index in [9.17, 15) is 0 Å². The molecule has 1 saturated heterocycles. The van der Waals surface area contributed by atoms with Gasteiger partial charge in [0.1, 0.15) is 0 Å². The lowest BCUT2D eigenvalue weighted by Gasteiger charge is -2.12. The molecule has 1 aliphatic heterocycles. The fourth-order valence-corrected chi connectivity index (χ4v) is 1.08. The van der Waals surface area contributed by atoms with Gasteiger partial charge in [-0.25, -0.2) is 0 Å². The fraction of sp³-hybridized carbons (Fsp3) is 1.00. The zero-order chi connectivity index (χ0) is 5.28. The third-order valence-electron chi connectivity index (χ3n) is 1.89. The smallest absolute Gasteiger partial charge is 0.00643 e. The van der Waals surface area contributed by atoms with Crippen LogP contribution in [0.25, 0.3) is 0 Å². The highest BCUT2D eigenvalue weighted by molar-refractivity contribution is 14.0. The molecule has 3 heteroatoms. The molecule has 0 amide bonds. The van der Waals surface area contributed by atoms with Gasteiger partial charge in [0, 0.05) is 6.04 Å². The molecule has 0 spiro atoms.